The number of hydrogen-bond donors (Lipinski definition) is 2. The van der Waals surface area contributed by atoms with Crippen LogP contribution in [0.2, 0.25) is 0 Å². The van der Waals surface area contributed by atoms with Gasteiger partial charge in [0.25, 0.3) is 0 Å². The lowest BCUT2D eigenvalue weighted by Gasteiger charge is -2.38. The number of morpholine rings is 1. The number of hydrogen-bond acceptors (Lipinski definition) is 7. The third kappa shape index (κ3) is 4.00. The Hall–Kier alpha value is -3.20. The molecule has 8 nitrogen and oxygen atoms in total. The lowest BCUT2D eigenvalue weighted by Crippen LogP contribution is -2.50. The van der Waals surface area contributed by atoms with Gasteiger partial charge in [-0.3, -0.25) is 5.10 Å². The first-order chi connectivity index (χ1) is 14.0. The molecule has 0 bridgehead atoms. The lowest BCUT2D eigenvalue weighted by atomic mass is 10.1. The van der Waals surface area contributed by atoms with E-state index in [2.05, 4.69) is 44.2 Å². The van der Waals surface area contributed by atoms with Crippen molar-refractivity contribution in [3.8, 4) is 17.0 Å². The van der Waals surface area contributed by atoms with E-state index in [9.17, 15) is 4.39 Å². The van der Waals surface area contributed by atoms with Gasteiger partial charge in [-0.25, -0.2) is 9.37 Å². The van der Waals surface area contributed by atoms with Gasteiger partial charge in [-0.15, -0.1) is 0 Å². The summed E-state index contributed by atoms with van der Waals surface area (Å²) < 4.78 is 24.9. The third-order valence-corrected chi connectivity index (χ3v) is 4.84. The molecule has 1 fully saturated rings. The number of aromatic nitrogens is 4. The number of nitrogens with zero attached hydrogens (tertiary/aromatic N) is 4. The zero-order valence-corrected chi connectivity index (χ0v) is 16.5. The van der Waals surface area contributed by atoms with Crippen LogP contribution in [0.3, 0.4) is 0 Å². The number of H-pyrrole nitrogens is 1. The van der Waals surface area contributed by atoms with Crippen LogP contribution in [0.25, 0.3) is 11.3 Å². The van der Waals surface area contributed by atoms with Gasteiger partial charge in [0.05, 0.1) is 38.1 Å². The van der Waals surface area contributed by atoms with Crippen molar-refractivity contribution < 1.29 is 13.9 Å². The van der Waals surface area contributed by atoms with Crippen molar-refractivity contribution in [2.45, 2.75) is 25.9 Å². The summed E-state index contributed by atoms with van der Waals surface area (Å²) in [6, 6.07) is 8.55. The fourth-order valence-electron chi connectivity index (χ4n) is 3.44. The van der Waals surface area contributed by atoms with Crippen LogP contribution in [-0.2, 0) is 4.74 Å². The van der Waals surface area contributed by atoms with E-state index in [0.717, 1.165) is 0 Å². The molecule has 1 aliphatic rings. The normalized spacial score (nSPS) is 19.2. The largest absolute Gasteiger partial charge is 0.497 e. The predicted molar refractivity (Wildman–Crippen MR) is 108 cm³/mol. The molecule has 2 aromatic heterocycles. The highest BCUT2D eigenvalue weighted by Crippen LogP contribution is 2.27. The summed E-state index contributed by atoms with van der Waals surface area (Å²) in [6.45, 7) is 5.45. The van der Waals surface area contributed by atoms with E-state index in [4.69, 9.17) is 9.47 Å². The Morgan fingerprint density at radius 2 is 1.97 bits per heavy atom. The molecular weight excluding hydrogens is 375 g/mol. The van der Waals surface area contributed by atoms with E-state index in [1.807, 2.05) is 0 Å². The number of aromatic amines is 1. The maximum absolute atomic E-state index is 14.3. The Labute approximate surface area is 168 Å². The quantitative estimate of drug-likeness (QED) is 0.681. The van der Waals surface area contributed by atoms with E-state index in [1.54, 1.807) is 30.5 Å². The summed E-state index contributed by atoms with van der Waals surface area (Å²) in [6.07, 6.45) is 1.70. The molecule has 0 aliphatic carbocycles. The summed E-state index contributed by atoms with van der Waals surface area (Å²) >= 11 is 0. The minimum atomic E-state index is -0.390. The summed E-state index contributed by atoms with van der Waals surface area (Å²) in [5.74, 6) is 1.84. The second kappa shape index (κ2) is 8.04. The molecule has 9 heteroatoms. The highest BCUT2D eigenvalue weighted by atomic mass is 19.1. The Morgan fingerprint density at radius 3 is 2.69 bits per heavy atom. The summed E-state index contributed by atoms with van der Waals surface area (Å²) in [4.78, 5) is 11.2. The van der Waals surface area contributed by atoms with Crippen LogP contribution in [0.4, 0.5) is 22.0 Å². The Kier molecular flexibility index (Phi) is 5.30. The van der Waals surface area contributed by atoms with Crippen LogP contribution in [0.5, 0.6) is 5.75 Å². The van der Waals surface area contributed by atoms with Crippen LogP contribution in [-0.4, -0.2) is 52.6 Å². The molecule has 0 amide bonds. The second-order valence-electron chi connectivity index (χ2n) is 7.02. The van der Waals surface area contributed by atoms with Crippen molar-refractivity contribution in [1.82, 2.24) is 20.2 Å². The molecule has 0 spiro atoms. The monoisotopic (exact) mass is 398 g/mol. The van der Waals surface area contributed by atoms with Gasteiger partial charge < -0.3 is 19.7 Å². The standard InChI is InChI=1S/C20H23FN6O2/c1-12-10-29-11-13(2)27(12)20-22-7-6-18(24-20)23-19-9-17(25-26-19)15-5-4-14(28-3)8-16(15)21/h4-9,12-13H,10-11H2,1-3H3,(H2,22,23,24,25,26). The number of methoxy groups -OCH3 is 1. The van der Waals surface area contributed by atoms with Crippen LogP contribution in [0.15, 0.2) is 36.5 Å². The maximum atomic E-state index is 14.3. The molecule has 1 aromatic carbocycles. The highest BCUT2D eigenvalue weighted by Gasteiger charge is 2.27. The zero-order chi connectivity index (χ0) is 20.4. The van der Waals surface area contributed by atoms with E-state index >= 15 is 0 Å². The number of ether oxygens (including phenoxy) is 2. The predicted octanol–water partition coefficient (Wildman–Crippen LogP) is 3.37. The molecule has 29 heavy (non-hydrogen) atoms. The fraction of sp³-hybridized carbons (Fsp3) is 0.350. The molecule has 3 heterocycles. The number of rotatable bonds is 5. The minimum Gasteiger partial charge on any atom is -0.497 e. The van der Waals surface area contributed by atoms with Gasteiger partial charge in [0.15, 0.2) is 5.82 Å². The second-order valence-corrected chi connectivity index (χ2v) is 7.02. The summed E-state index contributed by atoms with van der Waals surface area (Å²) in [7, 11) is 1.50. The molecule has 4 rings (SSSR count). The van der Waals surface area contributed by atoms with Gasteiger partial charge in [-0.2, -0.15) is 10.1 Å². The highest BCUT2D eigenvalue weighted by molar-refractivity contribution is 5.66. The Bertz CT molecular complexity index is 985. The van der Waals surface area contributed by atoms with E-state index in [1.165, 1.54) is 13.2 Å². The number of anilines is 3. The number of benzene rings is 1. The molecule has 2 atom stereocenters. The molecule has 3 aromatic rings. The van der Waals surface area contributed by atoms with E-state index in [0.29, 0.717) is 47.8 Å². The first-order valence-electron chi connectivity index (χ1n) is 9.40. The number of nitrogens with one attached hydrogen (secondary N) is 2. The van der Waals surface area contributed by atoms with Crippen molar-refractivity contribution >= 4 is 17.6 Å². The van der Waals surface area contributed by atoms with Crippen LogP contribution in [0.1, 0.15) is 13.8 Å². The lowest BCUT2D eigenvalue weighted by molar-refractivity contribution is 0.0747. The smallest absolute Gasteiger partial charge is 0.227 e. The average molecular weight is 398 g/mol. The SMILES string of the molecule is COc1ccc(-c2cc(Nc3ccnc(N4C(C)COCC4C)n3)n[nH]2)c(F)c1. The van der Waals surface area contributed by atoms with Crippen molar-refractivity contribution in [1.29, 1.82) is 0 Å². The maximum Gasteiger partial charge on any atom is 0.227 e. The van der Waals surface area contributed by atoms with E-state index < -0.39 is 0 Å². The Morgan fingerprint density at radius 1 is 1.17 bits per heavy atom. The van der Waals surface area contributed by atoms with Crippen LogP contribution >= 0.6 is 0 Å². The topological polar surface area (TPSA) is 88.2 Å². The van der Waals surface area contributed by atoms with E-state index in [-0.39, 0.29) is 17.9 Å². The zero-order valence-electron chi connectivity index (χ0n) is 16.5. The van der Waals surface area contributed by atoms with Crippen LogP contribution < -0.4 is 15.0 Å². The molecule has 152 valence electrons. The molecule has 1 aliphatic heterocycles. The van der Waals surface area contributed by atoms with Gasteiger partial charge in [0.1, 0.15) is 17.4 Å². The molecule has 0 radical (unpaired) electrons. The van der Waals surface area contributed by atoms with Gasteiger partial charge in [0, 0.05) is 23.9 Å². The summed E-state index contributed by atoms with van der Waals surface area (Å²) in [5.41, 5.74) is 0.961. The minimum absolute atomic E-state index is 0.184. The van der Waals surface area contributed by atoms with Crippen molar-refractivity contribution in [2.75, 3.05) is 30.5 Å². The average Bonchev–Trinajstić information content (AvgIpc) is 3.16. The molecular formula is C20H23FN6O2. The molecule has 2 unspecified atom stereocenters. The van der Waals surface area contributed by atoms with Crippen molar-refractivity contribution in [3.05, 3.63) is 42.3 Å². The Balaban J connectivity index is 1.54. The van der Waals surface area contributed by atoms with Crippen molar-refractivity contribution in [2.24, 2.45) is 0 Å². The van der Waals surface area contributed by atoms with Gasteiger partial charge in [-0.05, 0) is 32.0 Å². The molecule has 0 saturated carbocycles. The first-order valence-corrected chi connectivity index (χ1v) is 9.40. The summed E-state index contributed by atoms with van der Waals surface area (Å²) in [5, 5.41) is 10.2. The van der Waals surface area contributed by atoms with Gasteiger partial charge in [-0.1, -0.05) is 0 Å². The molecule has 2 N–H and O–H groups in total. The van der Waals surface area contributed by atoms with Gasteiger partial charge >= 0.3 is 0 Å². The van der Waals surface area contributed by atoms with Crippen LogP contribution in [0, 0.1) is 5.82 Å². The fourth-order valence-corrected chi connectivity index (χ4v) is 3.44. The number of halogens is 1. The van der Waals surface area contributed by atoms with Crippen molar-refractivity contribution in [3.63, 3.8) is 0 Å². The van der Waals surface area contributed by atoms with Gasteiger partial charge in [0.2, 0.25) is 5.95 Å². The first kappa shape index (κ1) is 19.1. The molecule has 1 saturated heterocycles. The third-order valence-electron chi connectivity index (χ3n) is 4.84.